The standard InChI is InChI=1S/C20H29N3O2/c1-16(14-22-9-2-3-10-22)13-21-20(25)18-7-4-6-17(12-18)15-23-11-5-8-19(23)24/h4,6-7,12,16H,2-3,5,8-11,13-15H2,1H3,(H,21,25). The van der Waals surface area contributed by atoms with Gasteiger partial charge in [-0.2, -0.15) is 0 Å². The fourth-order valence-corrected chi connectivity index (χ4v) is 3.74. The maximum absolute atomic E-state index is 12.4. The molecule has 136 valence electrons. The minimum Gasteiger partial charge on any atom is -0.352 e. The average molecular weight is 343 g/mol. The highest BCUT2D eigenvalue weighted by Gasteiger charge is 2.20. The van der Waals surface area contributed by atoms with Crippen LogP contribution in [0.4, 0.5) is 0 Å². The van der Waals surface area contributed by atoms with E-state index in [1.807, 2.05) is 29.2 Å². The number of rotatable bonds is 7. The van der Waals surface area contributed by atoms with Crippen LogP contribution in [0.1, 0.15) is 48.5 Å². The zero-order valence-corrected chi connectivity index (χ0v) is 15.2. The van der Waals surface area contributed by atoms with Gasteiger partial charge in [-0.1, -0.05) is 19.1 Å². The van der Waals surface area contributed by atoms with Gasteiger partial charge in [0.15, 0.2) is 0 Å². The Morgan fingerprint density at radius 1 is 1.20 bits per heavy atom. The summed E-state index contributed by atoms with van der Waals surface area (Å²) in [5, 5.41) is 3.06. The van der Waals surface area contributed by atoms with E-state index in [0.717, 1.165) is 25.1 Å². The third-order valence-electron chi connectivity index (χ3n) is 5.11. The third-order valence-corrected chi connectivity index (χ3v) is 5.11. The first-order chi connectivity index (χ1) is 12.1. The topological polar surface area (TPSA) is 52.7 Å². The third kappa shape index (κ3) is 5.05. The van der Waals surface area contributed by atoms with Crippen molar-refractivity contribution >= 4 is 11.8 Å². The summed E-state index contributed by atoms with van der Waals surface area (Å²) in [6, 6.07) is 7.64. The van der Waals surface area contributed by atoms with Gasteiger partial charge >= 0.3 is 0 Å². The van der Waals surface area contributed by atoms with Gasteiger partial charge < -0.3 is 15.1 Å². The molecule has 5 nitrogen and oxygen atoms in total. The molecule has 0 spiro atoms. The Balaban J connectivity index is 1.49. The van der Waals surface area contributed by atoms with Crippen LogP contribution in [0.25, 0.3) is 0 Å². The number of nitrogens with one attached hydrogen (secondary N) is 1. The SMILES string of the molecule is CC(CNC(=O)c1cccc(CN2CCCC2=O)c1)CN1CCCC1. The molecule has 0 bridgehead atoms. The molecule has 2 fully saturated rings. The number of hydrogen-bond acceptors (Lipinski definition) is 3. The molecule has 0 aromatic heterocycles. The minimum atomic E-state index is -0.0251. The summed E-state index contributed by atoms with van der Waals surface area (Å²) < 4.78 is 0. The number of hydrogen-bond donors (Lipinski definition) is 1. The molecule has 2 aliphatic rings. The Morgan fingerprint density at radius 2 is 2.00 bits per heavy atom. The summed E-state index contributed by atoms with van der Waals surface area (Å²) in [4.78, 5) is 28.5. The van der Waals surface area contributed by atoms with Crippen molar-refractivity contribution in [1.82, 2.24) is 15.1 Å². The molecule has 2 saturated heterocycles. The zero-order chi connectivity index (χ0) is 17.6. The maximum atomic E-state index is 12.4. The Labute approximate surface area is 150 Å². The van der Waals surface area contributed by atoms with Crippen LogP contribution < -0.4 is 5.32 Å². The molecule has 1 N–H and O–H groups in total. The van der Waals surface area contributed by atoms with Crippen LogP contribution in [-0.4, -0.2) is 54.3 Å². The monoisotopic (exact) mass is 343 g/mol. The van der Waals surface area contributed by atoms with Gasteiger partial charge in [-0.25, -0.2) is 0 Å². The van der Waals surface area contributed by atoms with Gasteiger partial charge in [-0.15, -0.1) is 0 Å². The Morgan fingerprint density at radius 3 is 2.72 bits per heavy atom. The van der Waals surface area contributed by atoms with Crippen molar-refractivity contribution in [2.45, 2.75) is 39.2 Å². The van der Waals surface area contributed by atoms with Crippen LogP contribution in [0, 0.1) is 5.92 Å². The van der Waals surface area contributed by atoms with E-state index in [1.165, 1.54) is 25.9 Å². The molecule has 2 heterocycles. The first-order valence-electron chi connectivity index (χ1n) is 9.49. The Kier molecular flexibility index (Phi) is 6.08. The molecule has 0 radical (unpaired) electrons. The number of carbonyl (C=O) groups is 2. The molecule has 0 aliphatic carbocycles. The molecule has 2 aliphatic heterocycles. The van der Waals surface area contributed by atoms with E-state index in [1.54, 1.807) is 0 Å². The molecule has 1 aromatic carbocycles. The van der Waals surface area contributed by atoms with E-state index in [0.29, 0.717) is 31.0 Å². The number of likely N-dealkylation sites (tertiary alicyclic amines) is 2. The summed E-state index contributed by atoms with van der Waals surface area (Å²) in [6.45, 7) is 7.75. The van der Waals surface area contributed by atoms with Crippen LogP contribution >= 0.6 is 0 Å². The van der Waals surface area contributed by atoms with E-state index in [9.17, 15) is 9.59 Å². The summed E-state index contributed by atoms with van der Waals surface area (Å²) in [5.41, 5.74) is 1.70. The molecule has 3 rings (SSSR count). The number of benzene rings is 1. The van der Waals surface area contributed by atoms with E-state index < -0.39 is 0 Å². The fraction of sp³-hybridized carbons (Fsp3) is 0.600. The van der Waals surface area contributed by atoms with E-state index in [-0.39, 0.29) is 11.8 Å². The second-order valence-corrected chi connectivity index (χ2v) is 7.44. The molecular weight excluding hydrogens is 314 g/mol. The molecule has 5 heteroatoms. The number of nitrogens with zero attached hydrogens (tertiary/aromatic N) is 2. The van der Waals surface area contributed by atoms with E-state index in [4.69, 9.17) is 0 Å². The highest BCUT2D eigenvalue weighted by Crippen LogP contribution is 2.15. The van der Waals surface area contributed by atoms with Gasteiger partial charge in [0.25, 0.3) is 5.91 Å². The van der Waals surface area contributed by atoms with Crippen molar-refractivity contribution < 1.29 is 9.59 Å². The quantitative estimate of drug-likeness (QED) is 0.826. The lowest BCUT2D eigenvalue weighted by Gasteiger charge is -2.20. The highest BCUT2D eigenvalue weighted by atomic mass is 16.2. The Hall–Kier alpha value is -1.88. The van der Waals surface area contributed by atoms with Gasteiger partial charge in [-0.05, 0) is 56.0 Å². The van der Waals surface area contributed by atoms with Gasteiger partial charge in [-0.3, -0.25) is 9.59 Å². The van der Waals surface area contributed by atoms with Crippen molar-refractivity contribution in [1.29, 1.82) is 0 Å². The molecular formula is C20H29N3O2. The van der Waals surface area contributed by atoms with Crippen molar-refractivity contribution in [3.8, 4) is 0 Å². The summed E-state index contributed by atoms with van der Waals surface area (Å²) in [6.07, 6.45) is 4.18. The van der Waals surface area contributed by atoms with Crippen molar-refractivity contribution in [3.63, 3.8) is 0 Å². The molecule has 1 atom stereocenters. The van der Waals surface area contributed by atoms with Gasteiger partial charge in [0, 0.05) is 38.2 Å². The van der Waals surface area contributed by atoms with Gasteiger partial charge in [0.2, 0.25) is 5.91 Å². The molecule has 25 heavy (non-hydrogen) atoms. The lowest BCUT2D eigenvalue weighted by atomic mass is 10.1. The normalized spacial score (nSPS) is 19.4. The first-order valence-corrected chi connectivity index (χ1v) is 9.49. The van der Waals surface area contributed by atoms with Crippen LogP contribution in [0.2, 0.25) is 0 Å². The van der Waals surface area contributed by atoms with Crippen molar-refractivity contribution in [2.24, 2.45) is 5.92 Å². The van der Waals surface area contributed by atoms with Crippen LogP contribution in [-0.2, 0) is 11.3 Å². The second kappa shape index (κ2) is 8.48. The van der Waals surface area contributed by atoms with Gasteiger partial charge in [0.1, 0.15) is 0 Å². The zero-order valence-electron chi connectivity index (χ0n) is 15.2. The minimum absolute atomic E-state index is 0.0251. The summed E-state index contributed by atoms with van der Waals surface area (Å²) in [5.74, 6) is 0.640. The first kappa shape index (κ1) is 17.9. The van der Waals surface area contributed by atoms with E-state index in [2.05, 4.69) is 17.1 Å². The average Bonchev–Trinajstić information content (AvgIpc) is 3.25. The maximum Gasteiger partial charge on any atom is 0.251 e. The van der Waals surface area contributed by atoms with E-state index >= 15 is 0 Å². The lowest BCUT2D eigenvalue weighted by molar-refractivity contribution is -0.128. The van der Waals surface area contributed by atoms with Crippen LogP contribution in [0.3, 0.4) is 0 Å². The van der Waals surface area contributed by atoms with Crippen molar-refractivity contribution in [3.05, 3.63) is 35.4 Å². The molecule has 1 aromatic rings. The molecule has 2 amide bonds. The van der Waals surface area contributed by atoms with Crippen LogP contribution in [0.5, 0.6) is 0 Å². The highest BCUT2D eigenvalue weighted by molar-refractivity contribution is 5.94. The molecule has 0 saturated carbocycles. The number of amides is 2. The lowest BCUT2D eigenvalue weighted by Crippen LogP contribution is -2.34. The summed E-state index contributed by atoms with van der Waals surface area (Å²) >= 11 is 0. The van der Waals surface area contributed by atoms with Gasteiger partial charge in [0.05, 0.1) is 0 Å². The number of carbonyl (C=O) groups excluding carboxylic acids is 2. The second-order valence-electron chi connectivity index (χ2n) is 7.44. The van der Waals surface area contributed by atoms with Crippen molar-refractivity contribution in [2.75, 3.05) is 32.7 Å². The summed E-state index contributed by atoms with van der Waals surface area (Å²) in [7, 11) is 0. The fourth-order valence-electron chi connectivity index (χ4n) is 3.74. The Bertz CT molecular complexity index is 611. The largest absolute Gasteiger partial charge is 0.352 e. The predicted octanol–water partition coefficient (Wildman–Crippen LogP) is 2.27. The molecule has 1 unspecified atom stereocenters. The van der Waals surface area contributed by atoms with Crippen LogP contribution in [0.15, 0.2) is 24.3 Å². The predicted molar refractivity (Wildman–Crippen MR) is 98.3 cm³/mol. The smallest absolute Gasteiger partial charge is 0.251 e.